The fourth-order valence-electron chi connectivity index (χ4n) is 2.00. The van der Waals surface area contributed by atoms with E-state index in [0.29, 0.717) is 5.92 Å². The first kappa shape index (κ1) is 13.5. The minimum atomic E-state index is 0. The van der Waals surface area contributed by atoms with Crippen LogP contribution < -0.4 is 5.73 Å². The highest BCUT2D eigenvalue weighted by Crippen LogP contribution is 2.36. The van der Waals surface area contributed by atoms with E-state index >= 15 is 0 Å². The summed E-state index contributed by atoms with van der Waals surface area (Å²) in [5.41, 5.74) is 8.92. The lowest BCUT2D eigenvalue weighted by Crippen LogP contribution is -2.11. The molecule has 2 rings (SSSR count). The maximum Gasteiger partial charge on any atom is 0.0297 e. The van der Waals surface area contributed by atoms with Crippen LogP contribution in [0.4, 0.5) is 0 Å². The van der Waals surface area contributed by atoms with Gasteiger partial charge in [-0.25, -0.2) is 0 Å². The maximum absolute atomic E-state index is 6.20. The summed E-state index contributed by atoms with van der Waals surface area (Å²) in [5.74, 6) is 1.50. The Labute approximate surface area is 105 Å². The van der Waals surface area contributed by atoms with Crippen LogP contribution in [0.5, 0.6) is 0 Å². The Morgan fingerprint density at radius 2 is 1.88 bits per heavy atom. The lowest BCUT2D eigenvalue weighted by molar-refractivity contribution is 0.596. The Morgan fingerprint density at radius 3 is 2.44 bits per heavy atom. The van der Waals surface area contributed by atoms with Crippen LogP contribution in [0.3, 0.4) is 0 Å². The topological polar surface area (TPSA) is 26.0 Å². The third kappa shape index (κ3) is 3.50. The van der Waals surface area contributed by atoms with Crippen molar-refractivity contribution in [3.05, 3.63) is 35.4 Å². The Morgan fingerprint density at radius 1 is 1.25 bits per heavy atom. The molecule has 1 nitrogen and oxygen atoms in total. The average Bonchev–Trinajstić information content (AvgIpc) is 3.02. The smallest absolute Gasteiger partial charge is 0.0297 e. The van der Waals surface area contributed by atoms with Crippen molar-refractivity contribution in [1.29, 1.82) is 0 Å². The maximum atomic E-state index is 6.20. The molecule has 0 bridgehead atoms. The molecule has 0 aromatic heterocycles. The number of nitrogens with two attached hydrogens (primary N) is 1. The molecule has 2 N–H and O–H groups in total. The quantitative estimate of drug-likeness (QED) is 0.844. The number of halogens is 1. The third-order valence-electron chi connectivity index (χ3n) is 3.29. The van der Waals surface area contributed by atoms with E-state index in [2.05, 4.69) is 38.1 Å². The lowest BCUT2D eigenvalue weighted by Gasteiger charge is -2.14. The molecular weight excluding hydrogens is 218 g/mol. The SMILES string of the molecule is CC(C)c1cccc([C@H](N)CC2CC2)c1.Cl. The monoisotopic (exact) mass is 239 g/mol. The van der Waals surface area contributed by atoms with Gasteiger partial charge in [-0.3, -0.25) is 0 Å². The molecular formula is C14H22ClN. The van der Waals surface area contributed by atoms with Crippen molar-refractivity contribution in [2.75, 3.05) is 0 Å². The number of benzene rings is 1. The molecule has 1 atom stereocenters. The highest BCUT2D eigenvalue weighted by Gasteiger charge is 2.24. The van der Waals surface area contributed by atoms with E-state index in [4.69, 9.17) is 5.73 Å². The predicted molar refractivity (Wildman–Crippen MR) is 72.0 cm³/mol. The van der Waals surface area contributed by atoms with E-state index in [9.17, 15) is 0 Å². The van der Waals surface area contributed by atoms with Crippen molar-refractivity contribution in [3.63, 3.8) is 0 Å². The van der Waals surface area contributed by atoms with Gasteiger partial charge >= 0.3 is 0 Å². The van der Waals surface area contributed by atoms with E-state index in [-0.39, 0.29) is 18.4 Å². The second-order valence-electron chi connectivity index (χ2n) is 5.11. The van der Waals surface area contributed by atoms with Crippen LogP contribution in [0.15, 0.2) is 24.3 Å². The molecule has 1 aliphatic rings. The van der Waals surface area contributed by atoms with Crippen molar-refractivity contribution in [2.24, 2.45) is 11.7 Å². The molecule has 0 aliphatic heterocycles. The summed E-state index contributed by atoms with van der Waals surface area (Å²) < 4.78 is 0. The van der Waals surface area contributed by atoms with Gasteiger partial charge in [-0.15, -0.1) is 12.4 Å². The second-order valence-corrected chi connectivity index (χ2v) is 5.11. The van der Waals surface area contributed by atoms with Crippen LogP contribution in [-0.4, -0.2) is 0 Å². The minimum absolute atomic E-state index is 0. The summed E-state index contributed by atoms with van der Waals surface area (Å²) in [6.07, 6.45) is 3.94. The van der Waals surface area contributed by atoms with Crippen LogP contribution in [0.2, 0.25) is 0 Å². The molecule has 0 amide bonds. The first-order valence-electron chi connectivity index (χ1n) is 6.02. The Bertz CT molecular complexity index is 331. The second kappa shape index (κ2) is 5.70. The Balaban J connectivity index is 0.00000128. The first-order chi connectivity index (χ1) is 7.16. The van der Waals surface area contributed by atoms with Crippen LogP contribution in [0, 0.1) is 5.92 Å². The van der Waals surface area contributed by atoms with Gasteiger partial charge in [-0.2, -0.15) is 0 Å². The summed E-state index contributed by atoms with van der Waals surface area (Å²) in [7, 11) is 0. The normalized spacial score (nSPS) is 17.0. The summed E-state index contributed by atoms with van der Waals surface area (Å²) in [6, 6.07) is 9.02. The van der Waals surface area contributed by atoms with Crippen LogP contribution in [-0.2, 0) is 0 Å². The van der Waals surface area contributed by atoms with Crippen LogP contribution >= 0.6 is 12.4 Å². The van der Waals surface area contributed by atoms with E-state index in [1.54, 1.807) is 0 Å². The highest BCUT2D eigenvalue weighted by atomic mass is 35.5. The van der Waals surface area contributed by atoms with Gasteiger partial charge in [0.1, 0.15) is 0 Å². The van der Waals surface area contributed by atoms with E-state index in [1.807, 2.05) is 0 Å². The molecule has 1 aromatic rings. The molecule has 1 saturated carbocycles. The number of hydrogen-bond acceptors (Lipinski definition) is 1. The fraction of sp³-hybridized carbons (Fsp3) is 0.571. The number of rotatable bonds is 4. The summed E-state index contributed by atoms with van der Waals surface area (Å²) in [6.45, 7) is 4.46. The summed E-state index contributed by atoms with van der Waals surface area (Å²) in [4.78, 5) is 0. The predicted octanol–water partition coefficient (Wildman–Crippen LogP) is 4.03. The molecule has 0 heterocycles. The summed E-state index contributed by atoms with van der Waals surface area (Å²) in [5, 5.41) is 0. The zero-order valence-corrected chi connectivity index (χ0v) is 11.0. The van der Waals surface area contributed by atoms with Gasteiger partial charge in [0.15, 0.2) is 0 Å². The minimum Gasteiger partial charge on any atom is -0.324 e. The van der Waals surface area contributed by atoms with Crippen molar-refractivity contribution in [3.8, 4) is 0 Å². The molecule has 1 aliphatic carbocycles. The molecule has 0 saturated heterocycles. The average molecular weight is 240 g/mol. The van der Waals surface area contributed by atoms with Gasteiger partial charge in [0.05, 0.1) is 0 Å². The highest BCUT2D eigenvalue weighted by molar-refractivity contribution is 5.85. The largest absolute Gasteiger partial charge is 0.324 e. The van der Waals surface area contributed by atoms with Gasteiger partial charge in [0, 0.05) is 6.04 Å². The molecule has 16 heavy (non-hydrogen) atoms. The standard InChI is InChI=1S/C14H21N.ClH/c1-10(2)12-4-3-5-13(9-12)14(15)8-11-6-7-11;/h3-5,9-11,14H,6-8,15H2,1-2H3;1H/t14-;/m1./s1. The van der Waals surface area contributed by atoms with Gasteiger partial charge < -0.3 is 5.73 Å². The van der Waals surface area contributed by atoms with Gasteiger partial charge in [-0.05, 0) is 29.4 Å². The van der Waals surface area contributed by atoms with E-state index in [1.165, 1.54) is 30.4 Å². The fourth-order valence-corrected chi connectivity index (χ4v) is 2.00. The van der Waals surface area contributed by atoms with E-state index < -0.39 is 0 Å². The zero-order valence-electron chi connectivity index (χ0n) is 10.1. The molecule has 90 valence electrons. The Hall–Kier alpha value is -0.530. The molecule has 1 fully saturated rings. The third-order valence-corrected chi connectivity index (χ3v) is 3.29. The van der Waals surface area contributed by atoms with Gasteiger partial charge in [0.2, 0.25) is 0 Å². The van der Waals surface area contributed by atoms with Crippen molar-refractivity contribution >= 4 is 12.4 Å². The van der Waals surface area contributed by atoms with Crippen molar-refractivity contribution in [2.45, 2.75) is 45.1 Å². The van der Waals surface area contributed by atoms with Gasteiger partial charge in [-0.1, -0.05) is 51.0 Å². The lowest BCUT2D eigenvalue weighted by atomic mass is 9.96. The van der Waals surface area contributed by atoms with E-state index in [0.717, 1.165) is 5.92 Å². The molecule has 0 spiro atoms. The molecule has 0 radical (unpaired) electrons. The first-order valence-corrected chi connectivity index (χ1v) is 6.02. The van der Waals surface area contributed by atoms with Crippen LogP contribution in [0.1, 0.15) is 56.2 Å². The Kier molecular flexibility index (Phi) is 4.82. The van der Waals surface area contributed by atoms with Crippen molar-refractivity contribution in [1.82, 2.24) is 0 Å². The van der Waals surface area contributed by atoms with Gasteiger partial charge in [0.25, 0.3) is 0 Å². The molecule has 2 heteroatoms. The van der Waals surface area contributed by atoms with Crippen molar-refractivity contribution < 1.29 is 0 Å². The summed E-state index contributed by atoms with van der Waals surface area (Å²) >= 11 is 0. The molecule has 0 unspecified atom stereocenters. The number of hydrogen-bond donors (Lipinski definition) is 1. The molecule has 1 aromatic carbocycles. The zero-order chi connectivity index (χ0) is 10.8. The van der Waals surface area contributed by atoms with Crippen LogP contribution in [0.25, 0.3) is 0 Å².